The smallest absolute Gasteiger partial charge is 0.286 e. The Bertz CT molecular complexity index is 857. The second-order valence-electron chi connectivity index (χ2n) is 8.29. The number of rotatable bonds is 4. The van der Waals surface area contributed by atoms with Crippen LogP contribution < -0.4 is 5.32 Å². The van der Waals surface area contributed by atoms with Crippen LogP contribution in [0.1, 0.15) is 40.6 Å². The van der Waals surface area contributed by atoms with Gasteiger partial charge in [0, 0.05) is 31.6 Å². The van der Waals surface area contributed by atoms with Crippen molar-refractivity contribution in [1.29, 1.82) is 0 Å². The van der Waals surface area contributed by atoms with Crippen LogP contribution in [-0.4, -0.2) is 54.5 Å². The number of carbonyl (C=O) groups is 1. The molecule has 0 aliphatic carbocycles. The van der Waals surface area contributed by atoms with E-state index >= 15 is 0 Å². The summed E-state index contributed by atoms with van der Waals surface area (Å²) in [7, 11) is 1.61. The first-order valence-electron chi connectivity index (χ1n) is 10.2. The second-order valence-corrected chi connectivity index (χ2v) is 8.29. The quantitative estimate of drug-likeness (QED) is 0.882. The number of nitrogens with one attached hydrogen (secondary N) is 1. The Morgan fingerprint density at radius 2 is 1.89 bits per heavy atom. The molecule has 4 fully saturated rings. The molecular weight excluding hydrogens is 357 g/mol. The SMILES string of the molecule is CNC(=O)c1ccc(CN2C[C@@H](c3ccc(F)cc3)[C@@H]3[C@H]2C2CCN3CC2)o1. The molecule has 6 rings (SSSR count). The lowest BCUT2D eigenvalue weighted by Crippen LogP contribution is -2.59. The van der Waals surface area contributed by atoms with Crippen LogP contribution in [0.5, 0.6) is 0 Å². The average molecular weight is 383 g/mol. The highest BCUT2D eigenvalue weighted by Gasteiger charge is 2.53. The highest BCUT2D eigenvalue weighted by Crippen LogP contribution is 2.47. The van der Waals surface area contributed by atoms with E-state index < -0.39 is 0 Å². The highest BCUT2D eigenvalue weighted by molar-refractivity contribution is 5.91. The molecule has 3 atom stereocenters. The molecule has 2 aromatic rings. The maximum atomic E-state index is 13.5. The average Bonchev–Trinajstić information content (AvgIpc) is 3.36. The van der Waals surface area contributed by atoms with E-state index in [1.807, 2.05) is 18.2 Å². The summed E-state index contributed by atoms with van der Waals surface area (Å²) >= 11 is 0. The van der Waals surface area contributed by atoms with Gasteiger partial charge in [0.15, 0.2) is 5.76 Å². The van der Waals surface area contributed by atoms with Gasteiger partial charge in [0.1, 0.15) is 11.6 Å². The fourth-order valence-corrected chi connectivity index (χ4v) is 5.63. The lowest BCUT2D eigenvalue weighted by atomic mass is 9.75. The van der Waals surface area contributed by atoms with Gasteiger partial charge in [0.25, 0.3) is 5.91 Å². The van der Waals surface area contributed by atoms with Crippen molar-refractivity contribution < 1.29 is 13.6 Å². The third-order valence-electron chi connectivity index (χ3n) is 6.86. The van der Waals surface area contributed by atoms with Crippen LogP contribution in [0.3, 0.4) is 0 Å². The summed E-state index contributed by atoms with van der Waals surface area (Å²) in [6.07, 6.45) is 2.49. The van der Waals surface area contributed by atoms with Gasteiger partial charge in [-0.2, -0.15) is 0 Å². The summed E-state index contributed by atoms with van der Waals surface area (Å²) in [6, 6.07) is 11.7. The molecule has 28 heavy (non-hydrogen) atoms. The van der Waals surface area contributed by atoms with E-state index in [0.29, 0.717) is 36.2 Å². The number of piperidine rings is 3. The number of fused-ring (bicyclic) bond motifs is 2. The number of furan rings is 1. The number of halogens is 1. The predicted molar refractivity (Wildman–Crippen MR) is 104 cm³/mol. The van der Waals surface area contributed by atoms with Crippen LogP contribution in [0.4, 0.5) is 4.39 Å². The largest absolute Gasteiger partial charge is 0.455 e. The molecule has 1 N–H and O–H groups in total. The molecule has 148 valence electrons. The summed E-state index contributed by atoms with van der Waals surface area (Å²) in [5, 5.41) is 2.60. The van der Waals surface area contributed by atoms with Gasteiger partial charge in [-0.25, -0.2) is 4.39 Å². The van der Waals surface area contributed by atoms with E-state index in [9.17, 15) is 9.18 Å². The summed E-state index contributed by atoms with van der Waals surface area (Å²) in [4.78, 5) is 17.0. The Labute approximate surface area is 164 Å². The molecule has 1 amide bonds. The van der Waals surface area contributed by atoms with Crippen LogP contribution in [0.2, 0.25) is 0 Å². The molecule has 5 heterocycles. The zero-order valence-corrected chi connectivity index (χ0v) is 16.1. The lowest BCUT2D eigenvalue weighted by molar-refractivity contribution is -0.0102. The Morgan fingerprint density at radius 1 is 1.14 bits per heavy atom. The molecule has 4 aliphatic rings. The minimum absolute atomic E-state index is 0.182. The molecule has 1 aromatic carbocycles. The third kappa shape index (κ3) is 2.95. The van der Waals surface area contributed by atoms with E-state index in [0.717, 1.165) is 12.3 Å². The predicted octanol–water partition coefficient (Wildman–Crippen LogP) is 2.84. The molecule has 0 saturated carbocycles. The second kappa shape index (κ2) is 7.01. The Hall–Kier alpha value is -2.18. The number of benzene rings is 1. The molecule has 4 saturated heterocycles. The van der Waals surface area contributed by atoms with Crippen molar-refractivity contribution in [3.05, 3.63) is 59.3 Å². The first kappa shape index (κ1) is 17.9. The number of carbonyl (C=O) groups excluding carboxylic acids is 1. The van der Waals surface area contributed by atoms with Crippen LogP contribution in [0, 0.1) is 11.7 Å². The fourth-order valence-electron chi connectivity index (χ4n) is 5.63. The van der Waals surface area contributed by atoms with Crippen molar-refractivity contribution >= 4 is 5.91 Å². The molecular formula is C22H26FN3O2. The summed E-state index contributed by atoms with van der Waals surface area (Å²) < 4.78 is 19.2. The monoisotopic (exact) mass is 383 g/mol. The van der Waals surface area contributed by atoms with Crippen molar-refractivity contribution in [2.45, 2.75) is 37.4 Å². The Morgan fingerprint density at radius 3 is 2.61 bits per heavy atom. The highest BCUT2D eigenvalue weighted by atomic mass is 19.1. The van der Waals surface area contributed by atoms with Crippen molar-refractivity contribution in [2.24, 2.45) is 5.92 Å². The number of hydrogen-bond acceptors (Lipinski definition) is 4. The maximum absolute atomic E-state index is 13.5. The first-order valence-corrected chi connectivity index (χ1v) is 10.2. The maximum Gasteiger partial charge on any atom is 0.286 e. The van der Waals surface area contributed by atoms with E-state index in [4.69, 9.17) is 4.42 Å². The molecule has 1 aromatic heterocycles. The van der Waals surface area contributed by atoms with Gasteiger partial charge in [0.05, 0.1) is 6.54 Å². The van der Waals surface area contributed by atoms with Crippen molar-refractivity contribution in [3.63, 3.8) is 0 Å². The third-order valence-corrected chi connectivity index (χ3v) is 6.86. The standard InChI is InChI=1S/C22H26FN3O2/c1-24-22(27)19-7-6-17(28-19)12-26-13-18(14-2-4-16(23)5-3-14)21-20(26)15-8-10-25(21)11-9-15/h2-7,15,18,20-21H,8-13H2,1H3,(H,24,27)/t18-,20+,21+/m0/s1. The van der Waals surface area contributed by atoms with Crippen molar-refractivity contribution in [3.8, 4) is 0 Å². The molecule has 0 unspecified atom stereocenters. The van der Waals surface area contributed by atoms with Crippen LogP contribution in [0.25, 0.3) is 0 Å². The van der Waals surface area contributed by atoms with Crippen LogP contribution >= 0.6 is 0 Å². The molecule has 6 heteroatoms. The number of likely N-dealkylation sites (tertiary alicyclic amines) is 1. The molecule has 5 nitrogen and oxygen atoms in total. The van der Waals surface area contributed by atoms with Crippen LogP contribution in [0.15, 0.2) is 40.8 Å². The van der Waals surface area contributed by atoms with Gasteiger partial charge in [0.2, 0.25) is 0 Å². The van der Waals surface area contributed by atoms with E-state index in [1.54, 1.807) is 25.2 Å². The molecule has 0 spiro atoms. The minimum atomic E-state index is -0.197. The minimum Gasteiger partial charge on any atom is -0.455 e. The molecule has 2 bridgehead atoms. The topological polar surface area (TPSA) is 48.7 Å². The van der Waals surface area contributed by atoms with Gasteiger partial charge >= 0.3 is 0 Å². The zero-order chi connectivity index (χ0) is 19.3. The Balaban J connectivity index is 1.42. The molecule has 4 aliphatic heterocycles. The van der Waals surface area contributed by atoms with Gasteiger partial charge in [-0.3, -0.25) is 14.6 Å². The van der Waals surface area contributed by atoms with E-state index in [2.05, 4.69) is 15.1 Å². The van der Waals surface area contributed by atoms with E-state index in [-0.39, 0.29) is 11.7 Å². The summed E-state index contributed by atoms with van der Waals surface area (Å²) in [5.74, 6) is 1.89. The van der Waals surface area contributed by atoms with Crippen molar-refractivity contribution in [2.75, 3.05) is 26.7 Å². The molecule has 0 radical (unpaired) electrons. The first-order chi connectivity index (χ1) is 13.6. The lowest BCUT2D eigenvalue weighted by Gasteiger charge is -2.51. The number of nitrogens with zero attached hydrogens (tertiary/aromatic N) is 2. The normalized spacial score (nSPS) is 31.7. The Kier molecular flexibility index (Phi) is 4.48. The summed E-state index contributed by atoms with van der Waals surface area (Å²) in [5.41, 5.74) is 1.22. The van der Waals surface area contributed by atoms with Gasteiger partial charge in [-0.1, -0.05) is 12.1 Å². The van der Waals surface area contributed by atoms with Gasteiger partial charge in [-0.05, 0) is 61.7 Å². The number of amides is 1. The summed E-state index contributed by atoms with van der Waals surface area (Å²) in [6.45, 7) is 3.97. The van der Waals surface area contributed by atoms with E-state index in [1.165, 1.54) is 31.5 Å². The van der Waals surface area contributed by atoms with Gasteiger partial charge in [-0.15, -0.1) is 0 Å². The zero-order valence-electron chi connectivity index (χ0n) is 16.1. The van der Waals surface area contributed by atoms with Gasteiger partial charge < -0.3 is 9.73 Å². The van der Waals surface area contributed by atoms with Crippen molar-refractivity contribution in [1.82, 2.24) is 15.1 Å². The number of hydrogen-bond donors (Lipinski definition) is 1. The fraction of sp³-hybridized carbons (Fsp3) is 0.500. The van der Waals surface area contributed by atoms with Crippen LogP contribution in [-0.2, 0) is 6.54 Å².